The van der Waals surface area contributed by atoms with E-state index >= 15 is 0 Å². The van der Waals surface area contributed by atoms with Crippen molar-refractivity contribution in [3.63, 3.8) is 0 Å². The molecule has 1 aromatic rings. The molecule has 2 aliphatic heterocycles. The van der Waals surface area contributed by atoms with Crippen LogP contribution in [0.4, 0.5) is 4.39 Å². The van der Waals surface area contributed by atoms with Crippen LogP contribution in [0.2, 0.25) is 0 Å². The lowest BCUT2D eigenvalue weighted by atomic mass is 10.0. The average molecular weight is 437 g/mol. The molecule has 6 nitrogen and oxygen atoms in total. The molecule has 1 unspecified atom stereocenters. The maximum atomic E-state index is 13.4. The Hall–Kier alpha value is -1.87. The summed E-state index contributed by atoms with van der Waals surface area (Å²) in [5, 5.41) is 10.7. The van der Waals surface area contributed by atoms with Crippen LogP contribution in [0.1, 0.15) is 19.4 Å². The summed E-state index contributed by atoms with van der Waals surface area (Å²) in [5.74, 6) is -0.475. The average Bonchev–Trinajstić information content (AvgIpc) is 2.72. The monoisotopic (exact) mass is 436 g/mol. The summed E-state index contributed by atoms with van der Waals surface area (Å²) in [5.41, 5.74) is 2.00. The van der Waals surface area contributed by atoms with Crippen molar-refractivity contribution in [2.45, 2.75) is 32.6 Å². The number of rotatable bonds is 8. The van der Waals surface area contributed by atoms with Gasteiger partial charge in [-0.1, -0.05) is 19.1 Å². The van der Waals surface area contributed by atoms with Gasteiger partial charge < -0.3 is 19.5 Å². The second kappa shape index (κ2) is 10.4. The number of nitrogens with zero attached hydrogens (tertiary/aromatic N) is 2. The number of carboxylic acid groups (broad SMARTS) is 1. The topological polar surface area (TPSA) is 62.2 Å². The van der Waals surface area contributed by atoms with Crippen molar-refractivity contribution < 1.29 is 23.8 Å². The molecule has 0 radical (unpaired) electrons. The highest BCUT2D eigenvalue weighted by Crippen LogP contribution is 2.37. The van der Waals surface area contributed by atoms with E-state index in [9.17, 15) is 14.3 Å². The Bertz CT molecular complexity index is 810. The summed E-state index contributed by atoms with van der Waals surface area (Å²) in [6, 6.07) is 6.43. The molecule has 2 heterocycles. The summed E-state index contributed by atoms with van der Waals surface area (Å²) in [6.45, 7) is 6.76. The van der Waals surface area contributed by atoms with Crippen LogP contribution in [0, 0.1) is 5.82 Å². The zero-order valence-corrected chi connectivity index (χ0v) is 18.5. The van der Waals surface area contributed by atoms with Crippen molar-refractivity contribution >= 4 is 17.7 Å². The number of methoxy groups -OCH3 is 1. The highest BCUT2D eigenvalue weighted by molar-refractivity contribution is 8.03. The quantitative estimate of drug-likeness (QED) is 0.671. The predicted molar refractivity (Wildman–Crippen MR) is 115 cm³/mol. The van der Waals surface area contributed by atoms with Crippen LogP contribution in [-0.4, -0.2) is 72.3 Å². The first kappa shape index (κ1) is 22.8. The van der Waals surface area contributed by atoms with Gasteiger partial charge in [-0.2, -0.15) is 0 Å². The lowest BCUT2D eigenvalue weighted by Gasteiger charge is -2.47. The van der Waals surface area contributed by atoms with Crippen molar-refractivity contribution in [1.82, 2.24) is 9.80 Å². The summed E-state index contributed by atoms with van der Waals surface area (Å²) >= 11 is 1.53. The zero-order valence-electron chi connectivity index (χ0n) is 17.6. The van der Waals surface area contributed by atoms with Crippen molar-refractivity contribution in [2.24, 2.45) is 0 Å². The van der Waals surface area contributed by atoms with Gasteiger partial charge in [0.2, 0.25) is 0 Å². The van der Waals surface area contributed by atoms with E-state index < -0.39 is 5.97 Å². The fraction of sp³-hybridized carbons (Fsp3) is 0.500. The number of hydrogen-bond donors (Lipinski definition) is 1. The lowest BCUT2D eigenvalue weighted by molar-refractivity contribution is -0.132. The molecule has 1 saturated heterocycles. The number of carboxylic acids is 1. The van der Waals surface area contributed by atoms with Gasteiger partial charge in [0.05, 0.1) is 36.5 Å². The Kier molecular flexibility index (Phi) is 7.93. The molecule has 1 fully saturated rings. The minimum absolute atomic E-state index is 0.0628. The molecule has 30 heavy (non-hydrogen) atoms. The third-order valence-corrected chi connectivity index (χ3v) is 6.32. The molecule has 1 N–H and O–H groups in total. The summed E-state index contributed by atoms with van der Waals surface area (Å²) < 4.78 is 24.5. The van der Waals surface area contributed by atoms with Gasteiger partial charge in [-0.3, -0.25) is 4.90 Å². The molecule has 164 valence electrons. The number of hydrogen-bond acceptors (Lipinski definition) is 6. The van der Waals surface area contributed by atoms with Crippen molar-refractivity contribution in [1.29, 1.82) is 0 Å². The van der Waals surface area contributed by atoms with Gasteiger partial charge in [-0.05, 0) is 42.0 Å². The first-order valence-electron chi connectivity index (χ1n) is 10.1. The predicted octanol–water partition coefficient (Wildman–Crippen LogP) is 3.31. The van der Waals surface area contributed by atoms with Crippen LogP contribution in [0.5, 0.6) is 0 Å². The Morgan fingerprint density at radius 3 is 2.73 bits per heavy atom. The summed E-state index contributed by atoms with van der Waals surface area (Å²) in [6.07, 6.45) is 1.87. The van der Waals surface area contributed by atoms with Gasteiger partial charge in [-0.25, -0.2) is 9.18 Å². The van der Waals surface area contributed by atoms with E-state index in [1.807, 2.05) is 19.9 Å². The van der Waals surface area contributed by atoms with Crippen LogP contribution in [0.15, 0.2) is 46.5 Å². The van der Waals surface area contributed by atoms with E-state index in [4.69, 9.17) is 9.47 Å². The number of benzene rings is 1. The van der Waals surface area contributed by atoms with Gasteiger partial charge in [0, 0.05) is 20.2 Å². The molecule has 8 heteroatoms. The molecule has 0 aromatic heterocycles. The normalized spacial score (nSPS) is 22.9. The molecule has 2 aliphatic rings. The molecule has 0 amide bonds. The van der Waals surface area contributed by atoms with Crippen LogP contribution in [0.25, 0.3) is 0 Å². The zero-order chi connectivity index (χ0) is 21.7. The van der Waals surface area contributed by atoms with Crippen LogP contribution in [-0.2, 0) is 20.8 Å². The number of halogens is 1. The van der Waals surface area contributed by atoms with E-state index in [1.165, 1.54) is 23.9 Å². The van der Waals surface area contributed by atoms with Gasteiger partial charge in [-0.15, -0.1) is 11.8 Å². The van der Waals surface area contributed by atoms with Crippen LogP contribution < -0.4 is 0 Å². The van der Waals surface area contributed by atoms with Crippen LogP contribution in [0.3, 0.4) is 0 Å². The SMILES string of the molecule is CCSC1=C(C(=O)O)C(C)=CC(N2CCOC[C@@H]2COC)N1Cc1ccc(F)cc1. The van der Waals surface area contributed by atoms with Crippen molar-refractivity contribution in [3.8, 4) is 0 Å². The van der Waals surface area contributed by atoms with E-state index in [0.29, 0.717) is 31.9 Å². The second-order valence-corrected chi connectivity index (χ2v) is 8.61. The minimum atomic E-state index is -0.933. The summed E-state index contributed by atoms with van der Waals surface area (Å²) in [7, 11) is 1.67. The van der Waals surface area contributed by atoms with Gasteiger partial charge in [0.25, 0.3) is 0 Å². The number of carbonyl (C=O) groups is 1. The highest BCUT2D eigenvalue weighted by atomic mass is 32.2. The standard InChI is InChI=1S/C22H29FN2O4S/c1-4-30-21-20(22(26)27)15(2)11-19(24-9-10-29-14-18(24)13-28-3)25(21)12-16-5-7-17(23)8-6-16/h5-8,11,18-19H,4,9-10,12-14H2,1-3H3,(H,26,27)/t18-,19?/m0/s1. The molecule has 0 spiro atoms. The Labute approximate surface area is 181 Å². The number of aliphatic carboxylic acids is 1. The smallest absolute Gasteiger partial charge is 0.338 e. The van der Waals surface area contributed by atoms with E-state index in [0.717, 1.165) is 28.5 Å². The first-order valence-corrected chi connectivity index (χ1v) is 11.1. The lowest BCUT2D eigenvalue weighted by Crippen LogP contribution is -2.58. The van der Waals surface area contributed by atoms with Gasteiger partial charge in [0.15, 0.2) is 0 Å². The number of ether oxygens (including phenoxy) is 2. The Balaban J connectivity index is 2.04. The molecule has 3 rings (SSSR count). The Morgan fingerprint density at radius 1 is 1.37 bits per heavy atom. The highest BCUT2D eigenvalue weighted by Gasteiger charge is 2.37. The maximum absolute atomic E-state index is 13.4. The fourth-order valence-electron chi connectivity index (χ4n) is 3.96. The molecule has 0 bridgehead atoms. The minimum Gasteiger partial charge on any atom is -0.478 e. The third kappa shape index (κ3) is 5.06. The number of thioether (sulfide) groups is 1. The van der Waals surface area contributed by atoms with Crippen LogP contribution >= 0.6 is 11.8 Å². The molecule has 0 aliphatic carbocycles. The van der Waals surface area contributed by atoms with Crippen molar-refractivity contribution in [3.05, 3.63) is 57.9 Å². The third-order valence-electron chi connectivity index (χ3n) is 5.32. The molecule has 0 saturated carbocycles. The molecular weight excluding hydrogens is 407 g/mol. The molecular formula is C22H29FN2O4S. The van der Waals surface area contributed by atoms with Crippen molar-refractivity contribution in [2.75, 3.05) is 39.2 Å². The summed E-state index contributed by atoms with van der Waals surface area (Å²) in [4.78, 5) is 16.5. The van der Waals surface area contributed by atoms with Gasteiger partial charge in [0.1, 0.15) is 12.0 Å². The van der Waals surface area contributed by atoms with E-state index in [2.05, 4.69) is 9.80 Å². The first-order chi connectivity index (χ1) is 14.5. The molecule has 1 aromatic carbocycles. The fourth-order valence-corrected chi connectivity index (χ4v) is 4.96. The largest absolute Gasteiger partial charge is 0.478 e. The second-order valence-electron chi connectivity index (χ2n) is 7.36. The molecule has 2 atom stereocenters. The van der Waals surface area contributed by atoms with E-state index in [1.54, 1.807) is 19.2 Å². The van der Waals surface area contributed by atoms with Gasteiger partial charge >= 0.3 is 5.97 Å². The number of morpholine rings is 1. The maximum Gasteiger partial charge on any atom is 0.338 e. The Morgan fingerprint density at radius 2 is 2.10 bits per heavy atom. The van der Waals surface area contributed by atoms with E-state index in [-0.39, 0.29) is 18.0 Å².